The molecule has 4 rings (SSSR count). The molecule has 0 radical (unpaired) electrons. The number of fused-ring (bicyclic) bond motifs is 2. The van der Waals surface area contributed by atoms with Gasteiger partial charge in [-0.25, -0.2) is 15.0 Å². The Labute approximate surface area is 181 Å². The number of carbonyl (C=O) groups is 1. The number of unbranched alkanes of at least 4 members (excludes halogenated alkanes) is 1. The SMILES string of the molecule is CNCCCCn1c(Sc2cc3c(cc2I)CCC3=O)nc2c(N)ncnc21. The second-order valence-corrected chi connectivity index (χ2v) is 8.92. The van der Waals surface area contributed by atoms with Crippen molar-refractivity contribution in [1.29, 1.82) is 0 Å². The molecule has 0 bridgehead atoms. The first-order valence-corrected chi connectivity index (χ1v) is 11.1. The molecule has 146 valence electrons. The number of rotatable bonds is 7. The molecule has 7 nitrogen and oxygen atoms in total. The van der Waals surface area contributed by atoms with Crippen LogP contribution in [0, 0.1) is 3.57 Å². The molecule has 0 spiro atoms. The first kappa shape index (κ1) is 19.6. The summed E-state index contributed by atoms with van der Waals surface area (Å²) < 4.78 is 3.24. The highest BCUT2D eigenvalue weighted by Gasteiger charge is 2.23. The van der Waals surface area contributed by atoms with Gasteiger partial charge in [-0.05, 0) is 73.1 Å². The average Bonchev–Trinajstić information content (AvgIpc) is 3.21. The van der Waals surface area contributed by atoms with Crippen molar-refractivity contribution >= 4 is 57.1 Å². The smallest absolute Gasteiger partial charge is 0.175 e. The highest BCUT2D eigenvalue weighted by Crippen LogP contribution is 2.37. The number of nitrogens with one attached hydrogen (secondary N) is 1. The van der Waals surface area contributed by atoms with E-state index in [1.807, 2.05) is 13.1 Å². The Hall–Kier alpha value is -1.72. The summed E-state index contributed by atoms with van der Waals surface area (Å²) in [6.45, 7) is 1.77. The molecule has 0 fully saturated rings. The molecule has 0 amide bonds. The van der Waals surface area contributed by atoms with E-state index in [0.717, 1.165) is 62.7 Å². The normalized spacial score (nSPS) is 13.4. The third kappa shape index (κ3) is 3.74. The van der Waals surface area contributed by atoms with Crippen molar-refractivity contribution in [3.05, 3.63) is 33.2 Å². The van der Waals surface area contributed by atoms with Crippen molar-refractivity contribution in [3.63, 3.8) is 0 Å². The van der Waals surface area contributed by atoms with Crippen molar-refractivity contribution in [1.82, 2.24) is 24.8 Å². The number of anilines is 1. The van der Waals surface area contributed by atoms with E-state index in [2.05, 4.69) is 48.5 Å². The number of benzene rings is 1. The van der Waals surface area contributed by atoms with Gasteiger partial charge in [-0.3, -0.25) is 4.79 Å². The van der Waals surface area contributed by atoms with Crippen LogP contribution in [0.15, 0.2) is 28.5 Å². The van der Waals surface area contributed by atoms with Crippen LogP contribution in [0.2, 0.25) is 0 Å². The van der Waals surface area contributed by atoms with Gasteiger partial charge in [0.25, 0.3) is 0 Å². The Morgan fingerprint density at radius 1 is 1.29 bits per heavy atom. The van der Waals surface area contributed by atoms with Crippen LogP contribution in [0.4, 0.5) is 5.82 Å². The standard InChI is InChI=1S/C19H21IN6OS/c1-22-6-2-3-7-26-18-16(17(21)23-10-24-18)25-19(26)28-15-9-12-11(8-13(15)20)4-5-14(12)27/h8-10,22H,2-7H2,1H3,(H2,21,23,24). The molecule has 1 aromatic carbocycles. The lowest BCUT2D eigenvalue weighted by atomic mass is 10.1. The van der Waals surface area contributed by atoms with Crippen molar-refractivity contribution in [2.24, 2.45) is 0 Å². The van der Waals surface area contributed by atoms with Crippen LogP contribution in [-0.2, 0) is 13.0 Å². The summed E-state index contributed by atoms with van der Waals surface area (Å²) in [5.41, 5.74) is 9.42. The number of Topliss-reactive ketones (excluding diaryl/α,β-unsaturated/α-hetero) is 1. The van der Waals surface area contributed by atoms with E-state index in [0.29, 0.717) is 17.8 Å². The van der Waals surface area contributed by atoms with Crippen LogP contribution in [-0.4, -0.2) is 38.9 Å². The topological polar surface area (TPSA) is 98.7 Å². The number of hydrogen-bond acceptors (Lipinski definition) is 7. The third-order valence-electron chi connectivity index (χ3n) is 4.86. The Balaban J connectivity index is 1.71. The van der Waals surface area contributed by atoms with Gasteiger partial charge in [-0.15, -0.1) is 0 Å². The molecule has 0 unspecified atom stereocenters. The molecular weight excluding hydrogens is 487 g/mol. The fourth-order valence-electron chi connectivity index (χ4n) is 3.41. The number of nitrogen functional groups attached to an aromatic ring is 1. The van der Waals surface area contributed by atoms with Crippen LogP contribution in [0.1, 0.15) is 35.2 Å². The van der Waals surface area contributed by atoms with Crippen molar-refractivity contribution < 1.29 is 4.79 Å². The number of aromatic nitrogens is 4. The van der Waals surface area contributed by atoms with Gasteiger partial charge >= 0.3 is 0 Å². The Bertz CT molecular complexity index is 1050. The minimum Gasteiger partial charge on any atom is -0.382 e. The molecule has 0 saturated carbocycles. The zero-order valence-electron chi connectivity index (χ0n) is 15.5. The summed E-state index contributed by atoms with van der Waals surface area (Å²) in [6.07, 6.45) is 4.99. The molecule has 1 aliphatic rings. The van der Waals surface area contributed by atoms with E-state index in [-0.39, 0.29) is 5.78 Å². The number of nitrogens with two attached hydrogens (primary N) is 1. The summed E-state index contributed by atoms with van der Waals surface area (Å²) in [5, 5.41) is 4.00. The van der Waals surface area contributed by atoms with Crippen LogP contribution in [0.5, 0.6) is 0 Å². The van der Waals surface area contributed by atoms with Crippen molar-refractivity contribution in [3.8, 4) is 0 Å². The fourth-order valence-corrected chi connectivity index (χ4v) is 5.22. The highest BCUT2D eigenvalue weighted by molar-refractivity contribution is 14.1. The maximum absolute atomic E-state index is 12.2. The zero-order valence-corrected chi connectivity index (χ0v) is 18.5. The van der Waals surface area contributed by atoms with E-state index >= 15 is 0 Å². The molecule has 0 saturated heterocycles. The van der Waals surface area contributed by atoms with Crippen LogP contribution in [0.25, 0.3) is 11.2 Å². The molecule has 1 aliphatic carbocycles. The monoisotopic (exact) mass is 508 g/mol. The number of imidazole rings is 1. The number of carbonyl (C=O) groups excluding carboxylic acids is 1. The van der Waals surface area contributed by atoms with Crippen LogP contribution < -0.4 is 11.1 Å². The minimum atomic E-state index is 0.226. The van der Waals surface area contributed by atoms with Crippen molar-refractivity contribution in [2.75, 3.05) is 19.3 Å². The molecule has 2 aromatic heterocycles. The highest BCUT2D eigenvalue weighted by atomic mass is 127. The zero-order chi connectivity index (χ0) is 19.7. The predicted molar refractivity (Wildman–Crippen MR) is 119 cm³/mol. The van der Waals surface area contributed by atoms with Crippen LogP contribution in [0.3, 0.4) is 0 Å². The summed E-state index contributed by atoms with van der Waals surface area (Å²) in [7, 11) is 1.96. The average molecular weight is 508 g/mol. The minimum absolute atomic E-state index is 0.226. The lowest BCUT2D eigenvalue weighted by Crippen LogP contribution is -2.09. The molecule has 3 N–H and O–H groups in total. The quantitative estimate of drug-likeness (QED) is 0.373. The summed E-state index contributed by atoms with van der Waals surface area (Å²) >= 11 is 3.89. The van der Waals surface area contributed by atoms with Gasteiger partial charge < -0.3 is 15.6 Å². The molecule has 2 heterocycles. The lowest BCUT2D eigenvalue weighted by molar-refractivity contribution is 0.0994. The first-order chi connectivity index (χ1) is 13.6. The Morgan fingerprint density at radius 2 is 2.14 bits per heavy atom. The van der Waals surface area contributed by atoms with Gasteiger partial charge in [0, 0.05) is 27.0 Å². The largest absolute Gasteiger partial charge is 0.382 e. The number of hydrogen-bond donors (Lipinski definition) is 2. The number of ketones is 1. The van der Waals surface area contributed by atoms with Crippen molar-refractivity contribution in [2.45, 2.75) is 42.3 Å². The number of halogens is 1. The van der Waals surface area contributed by atoms with E-state index in [1.165, 1.54) is 6.33 Å². The molecule has 3 aromatic rings. The maximum atomic E-state index is 12.2. The molecule has 9 heteroatoms. The molecule has 28 heavy (non-hydrogen) atoms. The van der Waals surface area contributed by atoms with Gasteiger partial charge in [-0.2, -0.15) is 0 Å². The molecule has 0 atom stereocenters. The predicted octanol–water partition coefficient (Wildman–Crippen LogP) is 3.29. The summed E-state index contributed by atoms with van der Waals surface area (Å²) in [6, 6.07) is 4.13. The molecular formula is C19H21IN6OS. The van der Waals surface area contributed by atoms with Gasteiger partial charge in [0.15, 0.2) is 27.9 Å². The van der Waals surface area contributed by atoms with Gasteiger partial charge in [0.1, 0.15) is 6.33 Å². The van der Waals surface area contributed by atoms with Gasteiger partial charge in [0.2, 0.25) is 0 Å². The van der Waals surface area contributed by atoms with Gasteiger partial charge in [-0.1, -0.05) is 11.8 Å². The maximum Gasteiger partial charge on any atom is 0.175 e. The second-order valence-electron chi connectivity index (χ2n) is 6.75. The number of aryl methyl sites for hydroxylation is 2. The van der Waals surface area contributed by atoms with E-state index < -0.39 is 0 Å². The first-order valence-electron chi connectivity index (χ1n) is 9.23. The Kier molecular flexibility index (Phi) is 5.83. The molecule has 0 aliphatic heterocycles. The van der Waals surface area contributed by atoms with E-state index in [4.69, 9.17) is 10.7 Å². The Morgan fingerprint density at radius 3 is 2.96 bits per heavy atom. The third-order valence-corrected chi connectivity index (χ3v) is 7.17. The van der Waals surface area contributed by atoms with Gasteiger partial charge in [0.05, 0.1) is 0 Å². The van der Waals surface area contributed by atoms with E-state index in [1.54, 1.807) is 11.8 Å². The summed E-state index contributed by atoms with van der Waals surface area (Å²) in [5.74, 6) is 0.614. The number of nitrogens with zero attached hydrogens (tertiary/aromatic N) is 4. The van der Waals surface area contributed by atoms with Crippen LogP contribution >= 0.6 is 34.4 Å². The lowest BCUT2D eigenvalue weighted by Gasteiger charge is -2.10. The fraction of sp³-hybridized carbons (Fsp3) is 0.368. The second kappa shape index (κ2) is 8.34. The van der Waals surface area contributed by atoms with E-state index in [9.17, 15) is 4.79 Å². The summed E-state index contributed by atoms with van der Waals surface area (Å²) in [4.78, 5) is 26.4.